The lowest BCUT2D eigenvalue weighted by Gasteiger charge is -2.17. The van der Waals surface area contributed by atoms with Crippen LogP contribution in [-0.4, -0.2) is 18.2 Å². The number of hydrogen-bond acceptors (Lipinski definition) is 3. The van der Waals surface area contributed by atoms with E-state index in [4.69, 9.17) is 4.52 Å². The zero-order valence-corrected chi connectivity index (χ0v) is 9.45. The predicted octanol–water partition coefficient (Wildman–Crippen LogP) is 2.98. The van der Waals surface area contributed by atoms with Crippen LogP contribution in [0.2, 0.25) is 0 Å². The van der Waals surface area contributed by atoms with E-state index in [1.165, 1.54) is 5.56 Å². The molecular formula is C12H16N2O. The Kier molecular flexibility index (Phi) is 2.62. The SMILES string of the molecule is CCN(CC)c1noc2ccc(C)cc12. The third-order valence-electron chi connectivity index (χ3n) is 2.67. The number of hydrogen-bond donors (Lipinski definition) is 0. The topological polar surface area (TPSA) is 29.3 Å². The van der Waals surface area contributed by atoms with Crippen LogP contribution < -0.4 is 4.90 Å². The van der Waals surface area contributed by atoms with Gasteiger partial charge in [-0.1, -0.05) is 16.8 Å². The third kappa shape index (κ3) is 1.69. The van der Waals surface area contributed by atoms with Crippen LogP contribution in [0, 0.1) is 6.92 Å². The van der Waals surface area contributed by atoms with Crippen molar-refractivity contribution in [2.24, 2.45) is 0 Å². The highest BCUT2D eigenvalue weighted by Gasteiger charge is 2.12. The van der Waals surface area contributed by atoms with Gasteiger partial charge in [0, 0.05) is 13.1 Å². The largest absolute Gasteiger partial charge is 0.354 e. The molecule has 0 spiro atoms. The second-order valence-electron chi connectivity index (χ2n) is 3.68. The maximum Gasteiger partial charge on any atom is 0.179 e. The first-order valence-electron chi connectivity index (χ1n) is 5.37. The average molecular weight is 204 g/mol. The van der Waals surface area contributed by atoms with E-state index in [9.17, 15) is 0 Å². The molecule has 1 heterocycles. The molecule has 3 nitrogen and oxygen atoms in total. The van der Waals surface area contributed by atoms with Crippen LogP contribution in [0.1, 0.15) is 19.4 Å². The summed E-state index contributed by atoms with van der Waals surface area (Å²) in [4.78, 5) is 2.20. The Balaban J connectivity index is 2.55. The second kappa shape index (κ2) is 3.93. The molecule has 15 heavy (non-hydrogen) atoms. The Morgan fingerprint density at radius 3 is 2.67 bits per heavy atom. The summed E-state index contributed by atoms with van der Waals surface area (Å²) in [6.07, 6.45) is 0. The minimum atomic E-state index is 0.863. The Morgan fingerprint density at radius 2 is 2.00 bits per heavy atom. The summed E-state index contributed by atoms with van der Waals surface area (Å²) in [5.41, 5.74) is 2.10. The van der Waals surface area contributed by atoms with E-state index in [-0.39, 0.29) is 0 Å². The van der Waals surface area contributed by atoms with Crippen LogP contribution >= 0.6 is 0 Å². The maximum absolute atomic E-state index is 5.30. The second-order valence-corrected chi connectivity index (χ2v) is 3.68. The highest BCUT2D eigenvalue weighted by Crippen LogP contribution is 2.26. The Morgan fingerprint density at radius 1 is 1.27 bits per heavy atom. The molecule has 0 atom stereocenters. The van der Waals surface area contributed by atoms with Crippen LogP contribution in [0.3, 0.4) is 0 Å². The molecule has 0 radical (unpaired) electrons. The van der Waals surface area contributed by atoms with Crippen LogP contribution in [0.4, 0.5) is 5.82 Å². The van der Waals surface area contributed by atoms with Crippen molar-refractivity contribution in [2.45, 2.75) is 20.8 Å². The smallest absolute Gasteiger partial charge is 0.179 e. The fourth-order valence-electron chi connectivity index (χ4n) is 1.79. The lowest BCUT2D eigenvalue weighted by atomic mass is 10.2. The van der Waals surface area contributed by atoms with Gasteiger partial charge in [0.1, 0.15) is 0 Å². The van der Waals surface area contributed by atoms with E-state index < -0.39 is 0 Å². The molecule has 0 bridgehead atoms. The van der Waals surface area contributed by atoms with Crippen molar-refractivity contribution >= 4 is 16.8 Å². The number of benzene rings is 1. The van der Waals surface area contributed by atoms with Gasteiger partial charge in [-0.05, 0) is 32.9 Å². The van der Waals surface area contributed by atoms with E-state index in [2.05, 4.69) is 36.9 Å². The molecule has 0 fully saturated rings. The van der Waals surface area contributed by atoms with Crippen molar-refractivity contribution in [2.75, 3.05) is 18.0 Å². The predicted molar refractivity (Wildman–Crippen MR) is 62.3 cm³/mol. The molecule has 0 saturated heterocycles. The van der Waals surface area contributed by atoms with Crippen molar-refractivity contribution in [3.8, 4) is 0 Å². The van der Waals surface area contributed by atoms with Crippen LogP contribution in [0.15, 0.2) is 22.7 Å². The quantitative estimate of drug-likeness (QED) is 0.769. The number of rotatable bonds is 3. The molecule has 3 heteroatoms. The first-order chi connectivity index (χ1) is 7.26. The number of aromatic nitrogens is 1. The molecule has 0 aliphatic heterocycles. The van der Waals surface area contributed by atoms with Gasteiger partial charge >= 0.3 is 0 Å². The highest BCUT2D eigenvalue weighted by molar-refractivity contribution is 5.89. The van der Waals surface area contributed by atoms with Gasteiger partial charge in [0.25, 0.3) is 0 Å². The third-order valence-corrected chi connectivity index (χ3v) is 2.67. The Labute approximate surface area is 89.7 Å². The molecular weight excluding hydrogens is 188 g/mol. The zero-order chi connectivity index (χ0) is 10.8. The number of nitrogens with zero attached hydrogens (tertiary/aromatic N) is 2. The first kappa shape index (κ1) is 10.0. The monoisotopic (exact) mass is 204 g/mol. The fraction of sp³-hybridized carbons (Fsp3) is 0.417. The normalized spacial score (nSPS) is 10.9. The van der Waals surface area contributed by atoms with E-state index in [1.807, 2.05) is 12.1 Å². The van der Waals surface area contributed by atoms with Crippen LogP contribution in [0.5, 0.6) is 0 Å². The summed E-state index contributed by atoms with van der Waals surface area (Å²) >= 11 is 0. The van der Waals surface area contributed by atoms with Gasteiger partial charge in [0.15, 0.2) is 11.4 Å². The van der Waals surface area contributed by atoms with Gasteiger partial charge in [-0.2, -0.15) is 0 Å². The lowest BCUT2D eigenvalue weighted by Crippen LogP contribution is -2.22. The molecule has 0 amide bonds. The van der Waals surface area contributed by atoms with Crippen molar-refractivity contribution < 1.29 is 4.52 Å². The zero-order valence-electron chi connectivity index (χ0n) is 9.45. The summed E-state index contributed by atoms with van der Waals surface area (Å²) in [6.45, 7) is 8.23. The number of fused-ring (bicyclic) bond motifs is 1. The van der Waals surface area contributed by atoms with Crippen molar-refractivity contribution in [1.82, 2.24) is 5.16 Å². The van der Waals surface area contributed by atoms with E-state index >= 15 is 0 Å². The number of anilines is 1. The fourth-order valence-corrected chi connectivity index (χ4v) is 1.79. The van der Waals surface area contributed by atoms with Gasteiger partial charge in [-0.15, -0.1) is 0 Å². The summed E-state index contributed by atoms with van der Waals surface area (Å²) < 4.78 is 5.30. The Hall–Kier alpha value is -1.51. The van der Waals surface area contributed by atoms with E-state index in [0.29, 0.717) is 0 Å². The molecule has 80 valence electrons. The van der Waals surface area contributed by atoms with Gasteiger partial charge in [-0.3, -0.25) is 0 Å². The van der Waals surface area contributed by atoms with Crippen molar-refractivity contribution in [1.29, 1.82) is 0 Å². The minimum absolute atomic E-state index is 0.863. The van der Waals surface area contributed by atoms with E-state index in [0.717, 1.165) is 29.9 Å². The molecule has 0 unspecified atom stereocenters. The van der Waals surface area contributed by atoms with Gasteiger partial charge in [0.05, 0.1) is 5.39 Å². The maximum atomic E-state index is 5.30. The lowest BCUT2D eigenvalue weighted by molar-refractivity contribution is 0.455. The molecule has 2 rings (SSSR count). The Bertz CT molecular complexity index is 458. The molecule has 0 N–H and O–H groups in total. The number of aryl methyl sites for hydroxylation is 1. The van der Waals surface area contributed by atoms with E-state index in [1.54, 1.807) is 0 Å². The van der Waals surface area contributed by atoms with Crippen LogP contribution in [0.25, 0.3) is 11.0 Å². The molecule has 0 aliphatic rings. The molecule has 0 aliphatic carbocycles. The molecule has 2 aromatic rings. The molecule has 0 saturated carbocycles. The molecule has 1 aromatic heterocycles. The van der Waals surface area contributed by atoms with Crippen molar-refractivity contribution in [3.63, 3.8) is 0 Å². The van der Waals surface area contributed by atoms with Crippen molar-refractivity contribution in [3.05, 3.63) is 23.8 Å². The average Bonchev–Trinajstić information content (AvgIpc) is 2.64. The van der Waals surface area contributed by atoms with Gasteiger partial charge in [-0.25, -0.2) is 0 Å². The highest BCUT2D eigenvalue weighted by atomic mass is 16.5. The summed E-state index contributed by atoms with van der Waals surface area (Å²) in [7, 11) is 0. The van der Waals surface area contributed by atoms with Gasteiger partial charge in [0.2, 0.25) is 0 Å². The molecule has 1 aromatic carbocycles. The summed E-state index contributed by atoms with van der Waals surface area (Å²) in [5.74, 6) is 0.957. The first-order valence-corrected chi connectivity index (χ1v) is 5.37. The summed E-state index contributed by atoms with van der Waals surface area (Å²) in [5, 5.41) is 5.24. The minimum Gasteiger partial charge on any atom is -0.354 e. The van der Waals surface area contributed by atoms with Crippen LogP contribution in [-0.2, 0) is 0 Å². The summed E-state index contributed by atoms with van der Waals surface area (Å²) in [6, 6.07) is 6.14. The van der Waals surface area contributed by atoms with Gasteiger partial charge < -0.3 is 9.42 Å². The standard InChI is InChI=1S/C12H16N2O/c1-4-14(5-2)12-10-8-9(3)6-7-11(10)15-13-12/h6-8H,4-5H2,1-3H3.